The van der Waals surface area contributed by atoms with Crippen molar-refractivity contribution in [2.75, 3.05) is 6.54 Å². The van der Waals surface area contributed by atoms with Crippen LogP contribution in [0.1, 0.15) is 64.2 Å². The summed E-state index contributed by atoms with van der Waals surface area (Å²) in [5.41, 5.74) is 1.63. The molecular formula is C15H27NO. The van der Waals surface area contributed by atoms with Gasteiger partial charge in [-0.1, -0.05) is 30.9 Å². The van der Waals surface area contributed by atoms with Crippen molar-refractivity contribution >= 4 is 0 Å². The average molecular weight is 237 g/mol. The molecule has 0 aliphatic heterocycles. The molecule has 0 aromatic heterocycles. The molecular weight excluding hydrogens is 210 g/mol. The molecule has 0 amide bonds. The highest BCUT2D eigenvalue weighted by atomic mass is 16.3. The zero-order valence-corrected chi connectivity index (χ0v) is 11.0. The van der Waals surface area contributed by atoms with Crippen LogP contribution in [0.25, 0.3) is 0 Å². The summed E-state index contributed by atoms with van der Waals surface area (Å²) in [7, 11) is 0. The molecule has 0 aromatic rings. The fraction of sp³-hybridized carbons (Fsp3) is 0.867. The van der Waals surface area contributed by atoms with E-state index in [-0.39, 0.29) is 6.10 Å². The van der Waals surface area contributed by atoms with E-state index in [1.165, 1.54) is 51.4 Å². The number of nitrogens with one attached hydrogen (secondary N) is 1. The highest BCUT2D eigenvalue weighted by molar-refractivity contribution is 5.05. The van der Waals surface area contributed by atoms with E-state index in [0.29, 0.717) is 6.04 Å². The van der Waals surface area contributed by atoms with Gasteiger partial charge in [0.1, 0.15) is 0 Å². The topological polar surface area (TPSA) is 32.3 Å². The van der Waals surface area contributed by atoms with Crippen LogP contribution in [0.4, 0.5) is 0 Å². The summed E-state index contributed by atoms with van der Waals surface area (Å²) in [5, 5.41) is 13.6. The van der Waals surface area contributed by atoms with Gasteiger partial charge in [0, 0.05) is 6.04 Å². The molecule has 2 aliphatic rings. The largest absolute Gasteiger partial charge is 0.392 e. The van der Waals surface area contributed by atoms with Crippen LogP contribution in [-0.4, -0.2) is 23.8 Å². The fourth-order valence-corrected chi connectivity index (χ4v) is 3.08. The summed E-state index contributed by atoms with van der Waals surface area (Å²) in [6.45, 7) is 1.05. The number of hydrogen-bond donors (Lipinski definition) is 2. The maximum absolute atomic E-state index is 10.0. The van der Waals surface area contributed by atoms with Crippen LogP contribution in [0, 0.1) is 0 Å². The van der Waals surface area contributed by atoms with Gasteiger partial charge >= 0.3 is 0 Å². The standard InChI is InChI=1S/C15H27NO/c17-15-10-6-2-5-9-14(15)16-12-11-13-7-3-1-4-8-13/h7,14-17H,1-6,8-12H2. The Labute approximate surface area is 105 Å². The second kappa shape index (κ2) is 7.17. The Morgan fingerprint density at radius 3 is 2.82 bits per heavy atom. The van der Waals surface area contributed by atoms with E-state index in [1.54, 1.807) is 5.57 Å². The third-order valence-electron chi connectivity index (χ3n) is 4.22. The Morgan fingerprint density at radius 2 is 2.00 bits per heavy atom. The summed E-state index contributed by atoms with van der Waals surface area (Å²) in [4.78, 5) is 0. The van der Waals surface area contributed by atoms with Crippen molar-refractivity contribution in [1.82, 2.24) is 5.32 Å². The van der Waals surface area contributed by atoms with Gasteiger partial charge in [-0.3, -0.25) is 0 Å². The SMILES string of the molecule is OC1CCCCCC1NCCC1=CCCCC1. The minimum absolute atomic E-state index is 0.113. The van der Waals surface area contributed by atoms with Crippen LogP contribution in [0.15, 0.2) is 11.6 Å². The van der Waals surface area contributed by atoms with Gasteiger partial charge in [-0.2, -0.15) is 0 Å². The van der Waals surface area contributed by atoms with Gasteiger partial charge < -0.3 is 10.4 Å². The predicted octanol–water partition coefficient (Wildman–Crippen LogP) is 3.16. The molecule has 17 heavy (non-hydrogen) atoms. The molecule has 0 heterocycles. The lowest BCUT2D eigenvalue weighted by molar-refractivity contribution is 0.120. The van der Waals surface area contributed by atoms with Gasteiger partial charge in [0.2, 0.25) is 0 Å². The van der Waals surface area contributed by atoms with Gasteiger partial charge in [0.15, 0.2) is 0 Å². The lowest BCUT2D eigenvalue weighted by Gasteiger charge is -2.22. The summed E-state index contributed by atoms with van der Waals surface area (Å²) in [6, 6.07) is 0.349. The molecule has 1 saturated carbocycles. The lowest BCUT2D eigenvalue weighted by atomic mass is 9.97. The maximum Gasteiger partial charge on any atom is 0.0693 e. The molecule has 2 nitrogen and oxygen atoms in total. The molecule has 0 saturated heterocycles. The first kappa shape index (κ1) is 13.1. The summed E-state index contributed by atoms with van der Waals surface area (Å²) < 4.78 is 0. The molecule has 98 valence electrons. The highest BCUT2D eigenvalue weighted by Crippen LogP contribution is 2.21. The van der Waals surface area contributed by atoms with E-state index >= 15 is 0 Å². The van der Waals surface area contributed by atoms with Gasteiger partial charge in [-0.15, -0.1) is 0 Å². The Bertz CT molecular complexity index is 249. The fourth-order valence-electron chi connectivity index (χ4n) is 3.08. The minimum atomic E-state index is -0.113. The molecule has 1 fully saturated rings. The molecule has 2 N–H and O–H groups in total. The van der Waals surface area contributed by atoms with E-state index in [9.17, 15) is 5.11 Å². The Kier molecular flexibility index (Phi) is 5.53. The lowest BCUT2D eigenvalue weighted by Crippen LogP contribution is -2.39. The van der Waals surface area contributed by atoms with Crippen molar-refractivity contribution in [3.8, 4) is 0 Å². The second-order valence-electron chi connectivity index (χ2n) is 5.62. The molecule has 2 unspecified atom stereocenters. The first-order chi connectivity index (χ1) is 8.36. The zero-order valence-electron chi connectivity index (χ0n) is 11.0. The van der Waals surface area contributed by atoms with Crippen LogP contribution in [-0.2, 0) is 0 Å². The monoisotopic (exact) mass is 237 g/mol. The number of allylic oxidation sites excluding steroid dienone is 1. The number of rotatable bonds is 4. The minimum Gasteiger partial charge on any atom is -0.392 e. The van der Waals surface area contributed by atoms with Crippen molar-refractivity contribution in [3.63, 3.8) is 0 Å². The van der Waals surface area contributed by atoms with Crippen LogP contribution < -0.4 is 5.32 Å². The Balaban J connectivity index is 1.67. The van der Waals surface area contributed by atoms with Gasteiger partial charge in [0.25, 0.3) is 0 Å². The molecule has 2 rings (SSSR count). The Hall–Kier alpha value is -0.340. The first-order valence-corrected chi connectivity index (χ1v) is 7.45. The van der Waals surface area contributed by atoms with E-state index in [0.717, 1.165) is 19.4 Å². The molecule has 0 aromatic carbocycles. The molecule has 0 bridgehead atoms. The van der Waals surface area contributed by atoms with E-state index in [2.05, 4.69) is 11.4 Å². The van der Waals surface area contributed by atoms with Crippen molar-refractivity contribution in [3.05, 3.63) is 11.6 Å². The van der Waals surface area contributed by atoms with Crippen molar-refractivity contribution in [1.29, 1.82) is 0 Å². The third kappa shape index (κ3) is 4.44. The van der Waals surface area contributed by atoms with Crippen molar-refractivity contribution in [2.24, 2.45) is 0 Å². The van der Waals surface area contributed by atoms with Gasteiger partial charge in [-0.05, 0) is 51.5 Å². The second-order valence-corrected chi connectivity index (χ2v) is 5.62. The molecule has 0 spiro atoms. The molecule has 2 atom stereocenters. The average Bonchev–Trinajstić information content (AvgIpc) is 2.56. The van der Waals surface area contributed by atoms with Crippen molar-refractivity contribution in [2.45, 2.75) is 76.4 Å². The quantitative estimate of drug-likeness (QED) is 0.581. The van der Waals surface area contributed by atoms with Crippen LogP contribution in [0.5, 0.6) is 0 Å². The molecule has 2 aliphatic carbocycles. The predicted molar refractivity (Wildman–Crippen MR) is 72.1 cm³/mol. The number of aliphatic hydroxyl groups excluding tert-OH is 1. The van der Waals surface area contributed by atoms with Crippen LogP contribution in [0.2, 0.25) is 0 Å². The normalized spacial score (nSPS) is 30.8. The number of aliphatic hydroxyl groups is 1. The van der Waals surface area contributed by atoms with Crippen LogP contribution >= 0.6 is 0 Å². The summed E-state index contributed by atoms with van der Waals surface area (Å²) in [5.74, 6) is 0. The zero-order chi connectivity index (χ0) is 11.9. The van der Waals surface area contributed by atoms with Crippen LogP contribution in [0.3, 0.4) is 0 Å². The van der Waals surface area contributed by atoms with E-state index < -0.39 is 0 Å². The Morgan fingerprint density at radius 1 is 1.12 bits per heavy atom. The molecule has 0 radical (unpaired) electrons. The third-order valence-corrected chi connectivity index (χ3v) is 4.22. The maximum atomic E-state index is 10.0. The summed E-state index contributed by atoms with van der Waals surface area (Å²) in [6.07, 6.45) is 14.7. The van der Waals surface area contributed by atoms with Crippen molar-refractivity contribution < 1.29 is 5.11 Å². The van der Waals surface area contributed by atoms with E-state index in [4.69, 9.17) is 0 Å². The molecule has 2 heteroatoms. The number of hydrogen-bond acceptors (Lipinski definition) is 2. The first-order valence-electron chi connectivity index (χ1n) is 7.45. The van der Waals surface area contributed by atoms with Gasteiger partial charge in [0.05, 0.1) is 6.10 Å². The highest BCUT2D eigenvalue weighted by Gasteiger charge is 2.20. The smallest absolute Gasteiger partial charge is 0.0693 e. The van der Waals surface area contributed by atoms with E-state index in [1.807, 2.05) is 0 Å². The van der Waals surface area contributed by atoms with Gasteiger partial charge in [-0.25, -0.2) is 0 Å². The summed E-state index contributed by atoms with van der Waals surface area (Å²) >= 11 is 0.